The average molecular weight is 295 g/mol. The molecule has 20 heavy (non-hydrogen) atoms. The smallest absolute Gasteiger partial charge is 0.328 e. The SMILES string of the molecule is CN(Cc1cc(C=CC(=O)O)cs1)C(=O)C1CCOC1. The van der Waals surface area contributed by atoms with Crippen molar-refractivity contribution in [2.24, 2.45) is 5.92 Å². The number of carboxylic acid groups (broad SMARTS) is 1. The van der Waals surface area contributed by atoms with Crippen LogP contribution in [-0.4, -0.2) is 42.1 Å². The van der Waals surface area contributed by atoms with Gasteiger partial charge in [-0.2, -0.15) is 0 Å². The molecule has 1 amide bonds. The summed E-state index contributed by atoms with van der Waals surface area (Å²) in [6.45, 7) is 1.72. The van der Waals surface area contributed by atoms with Crippen molar-refractivity contribution in [1.29, 1.82) is 0 Å². The van der Waals surface area contributed by atoms with Gasteiger partial charge in [0, 0.05) is 24.6 Å². The molecular formula is C14H17NO4S. The summed E-state index contributed by atoms with van der Waals surface area (Å²) in [7, 11) is 1.78. The third-order valence-corrected chi connectivity index (χ3v) is 4.08. The second-order valence-corrected chi connectivity index (χ2v) is 5.77. The van der Waals surface area contributed by atoms with Gasteiger partial charge >= 0.3 is 5.97 Å². The van der Waals surface area contributed by atoms with Crippen LogP contribution in [-0.2, 0) is 20.9 Å². The molecule has 2 heterocycles. The number of aliphatic carboxylic acids is 1. The van der Waals surface area contributed by atoms with Crippen LogP contribution in [0, 0.1) is 5.92 Å². The maximum atomic E-state index is 12.1. The number of ether oxygens (including phenoxy) is 1. The molecule has 1 N–H and O–H groups in total. The van der Waals surface area contributed by atoms with Crippen LogP contribution in [0.25, 0.3) is 6.08 Å². The lowest BCUT2D eigenvalue weighted by molar-refractivity contribution is -0.134. The molecule has 0 saturated carbocycles. The normalized spacial score (nSPS) is 18.6. The zero-order chi connectivity index (χ0) is 14.5. The Kier molecular flexibility index (Phi) is 4.92. The number of rotatable bonds is 5. The molecule has 0 aliphatic carbocycles. The third kappa shape index (κ3) is 3.91. The first kappa shape index (κ1) is 14.7. The fourth-order valence-corrected chi connectivity index (χ4v) is 2.99. The van der Waals surface area contributed by atoms with E-state index in [9.17, 15) is 9.59 Å². The summed E-state index contributed by atoms with van der Waals surface area (Å²) in [6, 6.07) is 1.90. The molecule has 0 aromatic carbocycles. The molecule has 1 aliphatic rings. The third-order valence-electron chi connectivity index (χ3n) is 3.14. The Bertz CT molecular complexity index is 517. The molecule has 1 unspecified atom stereocenters. The summed E-state index contributed by atoms with van der Waals surface area (Å²) < 4.78 is 5.23. The minimum Gasteiger partial charge on any atom is -0.478 e. The van der Waals surface area contributed by atoms with Crippen LogP contribution in [0.4, 0.5) is 0 Å². The average Bonchev–Trinajstić information content (AvgIpc) is 3.06. The highest BCUT2D eigenvalue weighted by molar-refractivity contribution is 7.10. The van der Waals surface area contributed by atoms with E-state index >= 15 is 0 Å². The van der Waals surface area contributed by atoms with Crippen LogP contribution in [0.5, 0.6) is 0 Å². The van der Waals surface area contributed by atoms with Crippen molar-refractivity contribution in [2.75, 3.05) is 20.3 Å². The summed E-state index contributed by atoms with van der Waals surface area (Å²) in [5.74, 6) is -0.879. The first-order valence-corrected chi connectivity index (χ1v) is 7.25. The Hall–Kier alpha value is -1.66. The maximum absolute atomic E-state index is 12.1. The topological polar surface area (TPSA) is 66.8 Å². The second-order valence-electron chi connectivity index (χ2n) is 4.77. The molecule has 0 spiro atoms. The molecule has 2 rings (SSSR count). The lowest BCUT2D eigenvalue weighted by Gasteiger charge is -2.19. The molecular weight excluding hydrogens is 278 g/mol. The van der Waals surface area contributed by atoms with E-state index < -0.39 is 5.97 Å². The van der Waals surface area contributed by atoms with Gasteiger partial charge in [0.25, 0.3) is 0 Å². The van der Waals surface area contributed by atoms with Gasteiger partial charge in [-0.3, -0.25) is 4.79 Å². The number of thiophene rings is 1. The molecule has 0 radical (unpaired) electrons. The first-order valence-electron chi connectivity index (χ1n) is 6.37. The van der Waals surface area contributed by atoms with Gasteiger partial charge in [-0.25, -0.2) is 4.79 Å². The molecule has 1 fully saturated rings. The number of hydrogen-bond acceptors (Lipinski definition) is 4. The number of carboxylic acids is 1. The fourth-order valence-electron chi connectivity index (χ4n) is 2.09. The number of nitrogens with zero attached hydrogens (tertiary/aromatic N) is 1. The zero-order valence-electron chi connectivity index (χ0n) is 11.2. The van der Waals surface area contributed by atoms with E-state index in [2.05, 4.69) is 0 Å². The number of amides is 1. The Morgan fingerprint density at radius 1 is 1.60 bits per heavy atom. The molecule has 0 bridgehead atoms. The van der Waals surface area contributed by atoms with Crippen LogP contribution in [0.3, 0.4) is 0 Å². The largest absolute Gasteiger partial charge is 0.478 e. The number of carbonyl (C=O) groups is 2. The molecule has 1 aliphatic heterocycles. The van der Waals surface area contributed by atoms with Gasteiger partial charge in [0.05, 0.1) is 19.1 Å². The molecule has 1 aromatic heterocycles. The molecule has 1 atom stereocenters. The minimum absolute atomic E-state index is 0.0219. The van der Waals surface area contributed by atoms with Crippen LogP contribution in [0.15, 0.2) is 17.5 Å². The summed E-state index contributed by atoms with van der Waals surface area (Å²) in [6.07, 6.45) is 3.45. The number of hydrogen-bond donors (Lipinski definition) is 1. The fraction of sp³-hybridized carbons (Fsp3) is 0.429. The van der Waals surface area contributed by atoms with Crippen molar-refractivity contribution < 1.29 is 19.4 Å². The van der Waals surface area contributed by atoms with Gasteiger partial charge in [-0.15, -0.1) is 11.3 Å². The van der Waals surface area contributed by atoms with E-state index in [1.54, 1.807) is 18.0 Å². The van der Waals surface area contributed by atoms with Crippen LogP contribution >= 0.6 is 11.3 Å². The summed E-state index contributed by atoms with van der Waals surface area (Å²) in [5.41, 5.74) is 0.845. The Morgan fingerprint density at radius 3 is 3.05 bits per heavy atom. The lowest BCUT2D eigenvalue weighted by Crippen LogP contribution is -2.32. The van der Waals surface area contributed by atoms with Crippen molar-refractivity contribution in [3.05, 3.63) is 28.0 Å². The minimum atomic E-state index is -0.966. The van der Waals surface area contributed by atoms with Crippen molar-refractivity contribution in [3.8, 4) is 0 Å². The van der Waals surface area contributed by atoms with E-state index in [1.807, 2.05) is 11.4 Å². The predicted molar refractivity (Wildman–Crippen MR) is 76.4 cm³/mol. The highest BCUT2D eigenvalue weighted by atomic mass is 32.1. The van der Waals surface area contributed by atoms with Crippen LogP contribution in [0.1, 0.15) is 16.9 Å². The Balaban J connectivity index is 1.92. The van der Waals surface area contributed by atoms with E-state index in [0.717, 1.165) is 22.9 Å². The van der Waals surface area contributed by atoms with Crippen molar-refractivity contribution in [2.45, 2.75) is 13.0 Å². The van der Waals surface area contributed by atoms with Gasteiger partial charge in [0.2, 0.25) is 5.91 Å². The molecule has 6 heteroatoms. The molecule has 1 saturated heterocycles. The van der Waals surface area contributed by atoms with Gasteiger partial charge in [-0.1, -0.05) is 0 Å². The van der Waals surface area contributed by atoms with Gasteiger partial charge in [0.1, 0.15) is 0 Å². The van der Waals surface area contributed by atoms with Gasteiger partial charge in [-0.05, 0) is 29.5 Å². The highest BCUT2D eigenvalue weighted by Gasteiger charge is 2.26. The molecule has 108 valence electrons. The lowest BCUT2D eigenvalue weighted by atomic mass is 10.1. The standard InChI is InChI=1S/C14H17NO4S/c1-15(14(18)11-4-5-19-8-11)7-12-6-10(9-20-12)2-3-13(16)17/h2-3,6,9,11H,4-5,7-8H2,1H3,(H,16,17). The van der Waals surface area contributed by atoms with Gasteiger partial charge in [0.15, 0.2) is 0 Å². The molecule has 1 aromatic rings. The summed E-state index contributed by atoms with van der Waals surface area (Å²) in [5, 5.41) is 10.5. The quantitative estimate of drug-likeness (QED) is 0.842. The first-order chi connectivity index (χ1) is 9.56. The highest BCUT2D eigenvalue weighted by Crippen LogP contribution is 2.20. The van der Waals surface area contributed by atoms with Crippen molar-refractivity contribution in [1.82, 2.24) is 4.90 Å². The van der Waals surface area contributed by atoms with Crippen LogP contribution < -0.4 is 0 Å². The van der Waals surface area contributed by atoms with Crippen molar-refractivity contribution in [3.63, 3.8) is 0 Å². The zero-order valence-corrected chi connectivity index (χ0v) is 12.1. The van der Waals surface area contributed by atoms with E-state index in [-0.39, 0.29) is 11.8 Å². The predicted octanol–water partition coefficient (Wildman–Crippen LogP) is 1.84. The maximum Gasteiger partial charge on any atom is 0.328 e. The summed E-state index contributed by atoms with van der Waals surface area (Å²) >= 11 is 1.52. The second kappa shape index (κ2) is 6.67. The van der Waals surface area contributed by atoms with Gasteiger partial charge < -0.3 is 14.7 Å². The van der Waals surface area contributed by atoms with E-state index in [0.29, 0.717) is 19.8 Å². The van der Waals surface area contributed by atoms with Crippen LogP contribution in [0.2, 0.25) is 0 Å². The summed E-state index contributed by atoms with van der Waals surface area (Å²) in [4.78, 5) is 25.3. The van der Waals surface area contributed by atoms with E-state index in [1.165, 1.54) is 11.3 Å². The Morgan fingerprint density at radius 2 is 2.40 bits per heavy atom. The van der Waals surface area contributed by atoms with E-state index in [4.69, 9.17) is 9.84 Å². The van der Waals surface area contributed by atoms with Crippen molar-refractivity contribution >= 4 is 29.3 Å². The monoisotopic (exact) mass is 295 g/mol. The molecule has 5 nitrogen and oxygen atoms in total. The Labute approximate surface area is 121 Å². The number of carbonyl (C=O) groups excluding carboxylic acids is 1.